The normalized spacial score (nSPS) is 14.0. The van der Waals surface area contributed by atoms with E-state index < -0.39 is 0 Å². The second kappa shape index (κ2) is 8.44. The van der Waals surface area contributed by atoms with Gasteiger partial charge in [0.15, 0.2) is 5.58 Å². The van der Waals surface area contributed by atoms with Crippen molar-refractivity contribution in [3.63, 3.8) is 0 Å². The Bertz CT molecular complexity index is 1240. The van der Waals surface area contributed by atoms with Crippen molar-refractivity contribution in [3.8, 4) is 11.1 Å². The van der Waals surface area contributed by atoms with Gasteiger partial charge in [-0.15, -0.1) is 0 Å². The second-order valence-electron chi connectivity index (χ2n) is 7.00. The van der Waals surface area contributed by atoms with E-state index in [1.165, 1.54) is 0 Å². The van der Waals surface area contributed by atoms with E-state index in [2.05, 4.69) is 36.1 Å². The van der Waals surface area contributed by atoms with Gasteiger partial charge in [-0.25, -0.2) is 4.98 Å². The van der Waals surface area contributed by atoms with E-state index in [1.54, 1.807) is 36.7 Å². The minimum atomic E-state index is -0.311. The molecule has 1 saturated heterocycles. The van der Waals surface area contributed by atoms with Crippen molar-refractivity contribution in [2.75, 3.05) is 36.5 Å². The summed E-state index contributed by atoms with van der Waals surface area (Å²) in [5.41, 5.74) is 4.00. The summed E-state index contributed by atoms with van der Waals surface area (Å²) in [7, 11) is 0. The average Bonchev–Trinajstić information content (AvgIpc) is 3.24. The van der Waals surface area contributed by atoms with Crippen molar-refractivity contribution in [2.24, 2.45) is 0 Å². The molecule has 1 aromatic carbocycles. The highest BCUT2D eigenvalue weighted by molar-refractivity contribution is 9.10. The Kier molecular flexibility index (Phi) is 5.35. The second-order valence-corrected chi connectivity index (χ2v) is 7.81. The molecule has 1 amide bonds. The van der Waals surface area contributed by atoms with Crippen molar-refractivity contribution in [1.29, 1.82) is 0 Å². The first-order valence-corrected chi connectivity index (χ1v) is 10.6. The van der Waals surface area contributed by atoms with Crippen molar-refractivity contribution in [1.82, 2.24) is 15.0 Å². The van der Waals surface area contributed by atoms with Crippen molar-refractivity contribution in [3.05, 3.63) is 65.2 Å². The average molecular weight is 480 g/mol. The molecule has 1 fully saturated rings. The number of benzene rings is 1. The molecular formula is C22H18BrN5O3. The Morgan fingerprint density at radius 2 is 1.87 bits per heavy atom. The fourth-order valence-corrected chi connectivity index (χ4v) is 3.80. The summed E-state index contributed by atoms with van der Waals surface area (Å²) in [6.07, 6.45) is 3.45. The lowest BCUT2D eigenvalue weighted by Gasteiger charge is -2.24. The molecule has 1 N–H and O–H groups in total. The molecule has 4 aromatic rings. The summed E-state index contributed by atoms with van der Waals surface area (Å²) < 4.78 is 12.1. The van der Waals surface area contributed by atoms with Gasteiger partial charge in [0.25, 0.3) is 11.9 Å². The number of fused-ring (bicyclic) bond motifs is 1. The SMILES string of the molecule is O=C(Nc1cc(-c2ccncc2)c2nc(N3CCOCC3)oc2c1)c1cccc(Br)n1. The number of nitrogens with zero attached hydrogens (tertiary/aromatic N) is 4. The summed E-state index contributed by atoms with van der Waals surface area (Å²) in [4.78, 5) is 27.9. The third kappa shape index (κ3) is 4.14. The summed E-state index contributed by atoms with van der Waals surface area (Å²) in [6, 6.07) is 13.2. The number of anilines is 2. The molecule has 5 rings (SSSR count). The predicted octanol–water partition coefficient (Wildman–Crippen LogP) is 4.14. The van der Waals surface area contributed by atoms with Gasteiger partial charge in [0.2, 0.25) is 0 Å². The molecule has 0 spiro atoms. The zero-order valence-electron chi connectivity index (χ0n) is 16.4. The molecule has 0 aliphatic carbocycles. The zero-order valence-corrected chi connectivity index (χ0v) is 18.0. The van der Waals surface area contributed by atoms with Crippen molar-refractivity contribution < 1.29 is 13.9 Å². The number of carbonyl (C=O) groups is 1. The van der Waals surface area contributed by atoms with Gasteiger partial charge in [-0.2, -0.15) is 4.98 Å². The first-order valence-electron chi connectivity index (χ1n) is 9.79. The van der Waals surface area contributed by atoms with Crippen LogP contribution in [-0.2, 0) is 4.74 Å². The molecule has 0 bridgehead atoms. The van der Waals surface area contributed by atoms with Gasteiger partial charge in [0.1, 0.15) is 15.8 Å². The maximum absolute atomic E-state index is 12.7. The third-order valence-electron chi connectivity index (χ3n) is 4.96. The number of nitrogens with one attached hydrogen (secondary N) is 1. The van der Waals surface area contributed by atoms with Gasteiger partial charge in [-0.3, -0.25) is 9.78 Å². The molecule has 4 heterocycles. The van der Waals surface area contributed by atoms with E-state index in [0.717, 1.165) is 29.7 Å². The highest BCUT2D eigenvalue weighted by Gasteiger charge is 2.20. The quantitative estimate of drug-likeness (QED) is 0.439. The van der Waals surface area contributed by atoms with Crippen LogP contribution in [0.3, 0.4) is 0 Å². The molecule has 1 aliphatic heterocycles. The molecule has 0 atom stereocenters. The Hall–Kier alpha value is -3.30. The number of morpholine rings is 1. The number of oxazole rings is 1. The number of aromatic nitrogens is 3. The molecule has 0 saturated carbocycles. The lowest BCUT2D eigenvalue weighted by atomic mass is 10.0. The number of halogens is 1. The van der Waals surface area contributed by atoms with Crippen LogP contribution in [0.1, 0.15) is 10.5 Å². The maximum atomic E-state index is 12.7. The number of pyridine rings is 2. The maximum Gasteiger partial charge on any atom is 0.298 e. The molecule has 3 aromatic heterocycles. The minimum Gasteiger partial charge on any atom is -0.423 e. The Morgan fingerprint density at radius 3 is 2.65 bits per heavy atom. The minimum absolute atomic E-state index is 0.311. The van der Waals surface area contributed by atoms with Crippen molar-refractivity contribution >= 4 is 44.6 Å². The van der Waals surface area contributed by atoms with Crippen molar-refractivity contribution in [2.45, 2.75) is 0 Å². The molecule has 156 valence electrons. The van der Waals surface area contributed by atoms with Crippen LogP contribution in [-0.4, -0.2) is 47.2 Å². The Labute approximate surface area is 186 Å². The Morgan fingerprint density at radius 1 is 1.06 bits per heavy atom. The molecule has 0 unspecified atom stereocenters. The zero-order chi connectivity index (χ0) is 21.2. The number of carbonyl (C=O) groups excluding carboxylic acids is 1. The summed E-state index contributed by atoms with van der Waals surface area (Å²) >= 11 is 3.30. The molecule has 31 heavy (non-hydrogen) atoms. The monoisotopic (exact) mass is 479 g/mol. The fourth-order valence-electron chi connectivity index (χ4n) is 3.46. The smallest absolute Gasteiger partial charge is 0.298 e. The molecule has 1 aliphatic rings. The molecule has 9 heteroatoms. The van der Waals surface area contributed by atoms with Gasteiger partial charge in [0.05, 0.1) is 13.2 Å². The van der Waals surface area contributed by atoms with Crippen LogP contribution >= 0.6 is 15.9 Å². The standard InChI is InChI=1S/C22H18BrN5O3/c23-19-3-1-2-17(26-19)21(29)25-15-12-16(14-4-6-24-7-5-14)20-18(13-15)31-22(27-20)28-8-10-30-11-9-28/h1-7,12-13H,8-11H2,(H,25,29). The first kappa shape index (κ1) is 19.7. The van der Waals surface area contributed by atoms with Gasteiger partial charge in [-0.1, -0.05) is 6.07 Å². The van der Waals surface area contributed by atoms with Gasteiger partial charge >= 0.3 is 0 Å². The summed E-state index contributed by atoms with van der Waals surface area (Å²) in [5, 5.41) is 2.92. The highest BCUT2D eigenvalue weighted by Crippen LogP contribution is 2.34. The van der Waals surface area contributed by atoms with Crippen LogP contribution in [0.5, 0.6) is 0 Å². The van der Waals surface area contributed by atoms with Gasteiger partial charge in [-0.05, 0) is 51.8 Å². The van der Waals surface area contributed by atoms with Crippen LogP contribution in [0.15, 0.2) is 63.9 Å². The van der Waals surface area contributed by atoms with E-state index in [-0.39, 0.29) is 5.91 Å². The van der Waals surface area contributed by atoms with Crippen LogP contribution in [0.2, 0.25) is 0 Å². The number of hydrogen-bond acceptors (Lipinski definition) is 7. The summed E-state index contributed by atoms with van der Waals surface area (Å²) in [6.45, 7) is 2.71. The van der Waals surface area contributed by atoms with E-state index >= 15 is 0 Å². The summed E-state index contributed by atoms with van der Waals surface area (Å²) in [5.74, 6) is -0.311. The highest BCUT2D eigenvalue weighted by atomic mass is 79.9. The Balaban J connectivity index is 1.56. The van der Waals surface area contributed by atoms with E-state index in [0.29, 0.717) is 40.8 Å². The number of hydrogen-bond donors (Lipinski definition) is 1. The van der Waals surface area contributed by atoms with E-state index in [1.807, 2.05) is 18.2 Å². The largest absolute Gasteiger partial charge is 0.423 e. The lowest BCUT2D eigenvalue weighted by molar-refractivity contribution is 0.102. The van der Waals surface area contributed by atoms with E-state index in [9.17, 15) is 4.79 Å². The van der Waals surface area contributed by atoms with Crippen LogP contribution in [0, 0.1) is 0 Å². The van der Waals surface area contributed by atoms with Crippen LogP contribution < -0.4 is 10.2 Å². The van der Waals surface area contributed by atoms with Gasteiger partial charge in [0, 0.05) is 42.8 Å². The lowest BCUT2D eigenvalue weighted by Crippen LogP contribution is -2.36. The molecule has 0 radical (unpaired) electrons. The number of rotatable bonds is 4. The van der Waals surface area contributed by atoms with Gasteiger partial charge < -0.3 is 19.4 Å². The van der Waals surface area contributed by atoms with Crippen LogP contribution in [0.4, 0.5) is 11.7 Å². The number of ether oxygens (including phenoxy) is 1. The predicted molar refractivity (Wildman–Crippen MR) is 120 cm³/mol. The topological polar surface area (TPSA) is 93.4 Å². The number of amides is 1. The van der Waals surface area contributed by atoms with Crippen LogP contribution in [0.25, 0.3) is 22.2 Å². The molecule has 8 nitrogen and oxygen atoms in total. The molecular weight excluding hydrogens is 462 g/mol. The fraction of sp³-hybridized carbons (Fsp3) is 0.182. The first-order chi connectivity index (χ1) is 15.2. The third-order valence-corrected chi connectivity index (χ3v) is 5.40. The van der Waals surface area contributed by atoms with E-state index in [4.69, 9.17) is 14.1 Å².